The zero-order chi connectivity index (χ0) is 13.2. The Morgan fingerprint density at radius 1 is 1.50 bits per heavy atom. The smallest absolute Gasteiger partial charge is 0.242 e. The highest BCUT2D eigenvalue weighted by Crippen LogP contribution is 2.26. The van der Waals surface area contributed by atoms with Gasteiger partial charge in [-0.2, -0.15) is 5.26 Å². The Labute approximate surface area is 105 Å². The Bertz CT molecular complexity index is 556. The first-order valence-electron chi connectivity index (χ1n) is 5.55. The largest absolute Gasteiger partial charge is 0.393 e. The summed E-state index contributed by atoms with van der Waals surface area (Å²) in [7, 11) is -3.58. The average Bonchev–Trinajstić information content (AvgIpc) is 2.33. The summed E-state index contributed by atoms with van der Waals surface area (Å²) in [6.45, 7) is 0.319. The van der Waals surface area contributed by atoms with Crippen molar-refractivity contribution in [2.45, 2.75) is 23.8 Å². The molecule has 7 heteroatoms. The lowest BCUT2D eigenvalue weighted by Crippen LogP contribution is -2.38. The summed E-state index contributed by atoms with van der Waals surface area (Å²) in [5.41, 5.74) is 0.177. The summed E-state index contributed by atoms with van der Waals surface area (Å²) in [4.78, 5) is 3.76. The van der Waals surface area contributed by atoms with Gasteiger partial charge in [0.15, 0.2) is 0 Å². The molecule has 0 aromatic carbocycles. The Kier molecular flexibility index (Phi) is 3.61. The van der Waals surface area contributed by atoms with E-state index in [9.17, 15) is 8.42 Å². The van der Waals surface area contributed by atoms with Crippen molar-refractivity contribution in [1.29, 1.82) is 5.26 Å². The summed E-state index contributed by atoms with van der Waals surface area (Å²) < 4.78 is 26.2. The van der Waals surface area contributed by atoms with Crippen LogP contribution in [0.4, 0.5) is 0 Å². The van der Waals surface area contributed by atoms with E-state index in [1.165, 1.54) is 12.1 Å². The zero-order valence-electron chi connectivity index (χ0n) is 9.57. The number of nitriles is 1. The molecule has 1 aliphatic rings. The van der Waals surface area contributed by atoms with Gasteiger partial charge in [-0.25, -0.2) is 18.1 Å². The first-order chi connectivity index (χ1) is 8.51. The fraction of sp³-hybridized carbons (Fsp3) is 0.455. The van der Waals surface area contributed by atoms with Gasteiger partial charge in [0.05, 0.1) is 6.10 Å². The van der Waals surface area contributed by atoms with Crippen molar-refractivity contribution in [3.63, 3.8) is 0 Å². The molecule has 2 N–H and O–H groups in total. The van der Waals surface area contributed by atoms with Crippen molar-refractivity contribution in [3.05, 3.63) is 24.0 Å². The first-order valence-corrected chi connectivity index (χ1v) is 7.03. The normalized spacial score (nSPS) is 23.1. The molecule has 1 saturated carbocycles. The van der Waals surface area contributed by atoms with Crippen LogP contribution in [0.25, 0.3) is 0 Å². The number of sulfonamides is 1. The lowest BCUT2D eigenvalue weighted by atomic mass is 9.83. The number of nitrogens with zero attached hydrogens (tertiary/aromatic N) is 2. The van der Waals surface area contributed by atoms with Crippen LogP contribution in [0.3, 0.4) is 0 Å². The Morgan fingerprint density at radius 3 is 2.72 bits per heavy atom. The van der Waals surface area contributed by atoms with Gasteiger partial charge in [0.25, 0.3) is 0 Å². The minimum atomic E-state index is -3.58. The van der Waals surface area contributed by atoms with Gasteiger partial charge in [-0.3, -0.25) is 0 Å². The molecule has 1 fully saturated rings. The van der Waals surface area contributed by atoms with Gasteiger partial charge in [-0.1, -0.05) is 0 Å². The number of aliphatic hydroxyl groups is 1. The quantitative estimate of drug-likeness (QED) is 0.799. The molecule has 18 heavy (non-hydrogen) atoms. The summed E-state index contributed by atoms with van der Waals surface area (Å²) in [6.07, 6.45) is 2.13. The van der Waals surface area contributed by atoms with E-state index in [1.54, 1.807) is 0 Å². The summed E-state index contributed by atoms with van der Waals surface area (Å²) in [5, 5.41) is 17.7. The highest BCUT2D eigenvalue weighted by molar-refractivity contribution is 7.89. The van der Waals surface area contributed by atoms with Crippen molar-refractivity contribution in [3.8, 4) is 6.07 Å². The third-order valence-corrected chi connectivity index (χ3v) is 4.34. The molecule has 0 unspecified atom stereocenters. The maximum atomic E-state index is 11.9. The highest BCUT2D eigenvalue weighted by atomic mass is 32.2. The van der Waals surface area contributed by atoms with Crippen LogP contribution in [0.15, 0.2) is 23.2 Å². The van der Waals surface area contributed by atoms with Gasteiger partial charge in [-0.05, 0) is 30.9 Å². The van der Waals surface area contributed by atoms with Crippen LogP contribution in [0.5, 0.6) is 0 Å². The van der Waals surface area contributed by atoms with E-state index in [0.29, 0.717) is 19.4 Å². The van der Waals surface area contributed by atoms with Gasteiger partial charge >= 0.3 is 0 Å². The minimum Gasteiger partial charge on any atom is -0.393 e. The Balaban J connectivity index is 1.99. The molecule has 0 spiro atoms. The lowest BCUT2D eigenvalue weighted by molar-refractivity contribution is 0.0453. The minimum absolute atomic E-state index is 0.0429. The first kappa shape index (κ1) is 13.0. The van der Waals surface area contributed by atoms with E-state index in [2.05, 4.69) is 9.71 Å². The lowest BCUT2D eigenvalue weighted by Gasteiger charge is -2.31. The molecule has 0 bridgehead atoms. The highest BCUT2D eigenvalue weighted by Gasteiger charge is 2.28. The number of pyridine rings is 1. The SMILES string of the molecule is N#Cc1ccc(S(=O)(=O)NCC2CC(O)C2)cn1. The van der Waals surface area contributed by atoms with E-state index in [4.69, 9.17) is 10.4 Å². The molecule has 96 valence electrons. The van der Waals surface area contributed by atoms with E-state index >= 15 is 0 Å². The standard InChI is InChI=1S/C11H13N3O3S/c12-5-9-1-2-11(7-13-9)18(16,17)14-6-8-3-10(15)4-8/h1-2,7-8,10,14-15H,3-4,6H2. The molecule has 6 nitrogen and oxygen atoms in total. The van der Waals surface area contributed by atoms with Crippen molar-refractivity contribution < 1.29 is 13.5 Å². The maximum Gasteiger partial charge on any atom is 0.242 e. The van der Waals surface area contributed by atoms with Gasteiger partial charge in [-0.15, -0.1) is 0 Å². The maximum absolute atomic E-state index is 11.9. The van der Waals surface area contributed by atoms with Crippen LogP contribution in [0, 0.1) is 17.2 Å². The molecule has 2 rings (SSSR count). The van der Waals surface area contributed by atoms with Crippen LogP contribution >= 0.6 is 0 Å². The third kappa shape index (κ3) is 2.85. The second-order valence-electron chi connectivity index (χ2n) is 4.33. The number of rotatable bonds is 4. The molecule has 0 amide bonds. The third-order valence-electron chi connectivity index (χ3n) is 2.93. The number of nitrogens with one attached hydrogen (secondary N) is 1. The molecule has 0 atom stereocenters. The number of hydrogen-bond acceptors (Lipinski definition) is 5. The van der Waals surface area contributed by atoms with Crippen LogP contribution in [-0.4, -0.2) is 31.2 Å². The molecule has 0 radical (unpaired) electrons. The van der Waals surface area contributed by atoms with Crippen molar-refractivity contribution in [1.82, 2.24) is 9.71 Å². The number of aliphatic hydroxyl groups excluding tert-OH is 1. The monoisotopic (exact) mass is 267 g/mol. The fourth-order valence-corrected chi connectivity index (χ4v) is 2.84. The van der Waals surface area contributed by atoms with E-state index < -0.39 is 10.0 Å². The average molecular weight is 267 g/mol. The van der Waals surface area contributed by atoms with Gasteiger partial charge in [0, 0.05) is 12.7 Å². The van der Waals surface area contributed by atoms with Crippen molar-refractivity contribution >= 4 is 10.0 Å². The molecule has 0 saturated heterocycles. The molecule has 1 heterocycles. The summed E-state index contributed by atoms with van der Waals surface area (Å²) >= 11 is 0. The van der Waals surface area contributed by atoms with Gasteiger partial charge in [0.2, 0.25) is 10.0 Å². The predicted octanol–water partition coefficient (Wildman–Crippen LogP) is 0.00248. The second-order valence-corrected chi connectivity index (χ2v) is 6.10. The van der Waals surface area contributed by atoms with Crippen LogP contribution in [0.1, 0.15) is 18.5 Å². The van der Waals surface area contributed by atoms with Crippen LogP contribution in [0.2, 0.25) is 0 Å². The molecular weight excluding hydrogens is 254 g/mol. The van der Waals surface area contributed by atoms with Gasteiger partial charge < -0.3 is 5.11 Å². The van der Waals surface area contributed by atoms with E-state index in [1.807, 2.05) is 6.07 Å². The molecular formula is C11H13N3O3S. The van der Waals surface area contributed by atoms with Crippen molar-refractivity contribution in [2.75, 3.05) is 6.54 Å². The Morgan fingerprint density at radius 2 is 2.22 bits per heavy atom. The van der Waals surface area contributed by atoms with Crippen molar-refractivity contribution in [2.24, 2.45) is 5.92 Å². The zero-order valence-corrected chi connectivity index (χ0v) is 10.4. The molecule has 1 aliphatic carbocycles. The summed E-state index contributed by atoms with van der Waals surface area (Å²) in [5.74, 6) is 0.195. The second kappa shape index (κ2) is 5.02. The van der Waals surface area contributed by atoms with Gasteiger partial charge in [0.1, 0.15) is 16.7 Å². The molecule has 1 aromatic heterocycles. The van der Waals surface area contributed by atoms with E-state index in [0.717, 1.165) is 6.20 Å². The number of hydrogen-bond donors (Lipinski definition) is 2. The molecule has 0 aliphatic heterocycles. The van der Waals surface area contributed by atoms with Crippen LogP contribution < -0.4 is 4.72 Å². The predicted molar refractivity (Wildman–Crippen MR) is 62.9 cm³/mol. The number of aromatic nitrogens is 1. The summed E-state index contributed by atoms with van der Waals surface area (Å²) in [6, 6.07) is 4.54. The fourth-order valence-electron chi connectivity index (χ4n) is 1.78. The van der Waals surface area contributed by atoms with Crippen LogP contribution in [-0.2, 0) is 10.0 Å². The van der Waals surface area contributed by atoms with E-state index in [-0.39, 0.29) is 22.6 Å². The Hall–Kier alpha value is -1.49. The topological polar surface area (TPSA) is 103 Å². The molecule has 1 aromatic rings.